The molecule has 0 saturated heterocycles. The molecule has 1 aliphatic carbocycles. The van der Waals surface area contributed by atoms with Crippen LogP contribution in [0.4, 0.5) is 5.69 Å². The number of nitrogens with zero attached hydrogens (tertiary/aromatic N) is 3. The van der Waals surface area contributed by atoms with Gasteiger partial charge in [0.05, 0.1) is 11.4 Å². The van der Waals surface area contributed by atoms with Crippen LogP contribution in [0.5, 0.6) is 0 Å². The third kappa shape index (κ3) is 3.57. The number of hydrogen-bond acceptors (Lipinski definition) is 4. The van der Waals surface area contributed by atoms with Crippen LogP contribution in [0.3, 0.4) is 0 Å². The van der Waals surface area contributed by atoms with Gasteiger partial charge in [0.15, 0.2) is 5.16 Å². The average molecular weight is 414 g/mol. The lowest BCUT2D eigenvalue weighted by atomic mass is 10.3. The van der Waals surface area contributed by atoms with Crippen LogP contribution in [0.15, 0.2) is 29.4 Å². The maximum absolute atomic E-state index is 12.0. The number of amides is 1. The van der Waals surface area contributed by atoms with Gasteiger partial charge >= 0.3 is 0 Å². The predicted molar refractivity (Wildman–Crippen MR) is 91.5 cm³/mol. The Morgan fingerprint density at radius 3 is 2.90 bits per heavy atom. The predicted octanol–water partition coefficient (Wildman–Crippen LogP) is 3.03. The molecule has 3 rings (SSSR count). The van der Waals surface area contributed by atoms with E-state index in [2.05, 4.69) is 38.1 Å². The van der Waals surface area contributed by atoms with Crippen LogP contribution in [0.2, 0.25) is 0 Å². The molecule has 0 aliphatic heterocycles. The van der Waals surface area contributed by atoms with Crippen LogP contribution in [-0.2, 0) is 11.8 Å². The van der Waals surface area contributed by atoms with Crippen molar-refractivity contribution < 1.29 is 4.79 Å². The van der Waals surface area contributed by atoms with E-state index in [1.54, 1.807) is 0 Å². The number of thioether (sulfide) groups is 1. The molecule has 1 N–H and O–H groups in total. The van der Waals surface area contributed by atoms with Crippen molar-refractivity contribution in [3.63, 3.8) is 0 Å². The minimum Gasteiger partial charge on any atom is -0.324 e. The van der Waals surface area contributed by atoms with Crippen molar-refractivity contribution in [1.29, 1.82) is 0 Å². The summed E-state index contributed by atoms with van der Waals surface area (Å²) >= 11 is 3.63. The Bertz CT molecular complexity index is 669. The lowest BCUT2D eigenvalue weighted by Crippen LogP contribution is -2.15. The van der Waals surface area contributed by atoms with Gasteiger partial charge in [-0.3, -0.25) is 4.79 Å². The number of anilines is 1. The van der Waals surface area contributed by atoms with Gasteiger partial charge in [0.1, 0.15) is 5.82 Å². The first kappa shape index (κ1) is 14.8. The lowest BCUT2D eigenvalue weighted by Gasteiger charge is -2.07. The molecule has 0 unspecified atom stereocenters. The third-order valence-corrected chi connectivity index (χ3v) is 5.25. The van der Waals surface area contributed by atoms with Crippen LogP contribution in [-0.4, -0.2) is 26.4 Å². The molecule has 1 aromatic heterocycles. The zero-order chi connectivity index (χ0) is 14.8. The summed E-state index contributed by atoms with van der Waals surface area (Å²) in [6.45, 7) is 0. The summed E-state index contributed by atoms with van der Waals surface area (Å²) < 4.78 is 3.03. The molecule has 0 atom stereocenters. The molecule has 7 heteroatoms. The number of nitrogens with one attached hydrogen (secondary N) is 1. The highest BCUT2D eigenvalue weighted by Crippen LogP contribution is 2.39. The largest absolute Gasteiger partial charge is 0.324 e. The van der Waals surface area contributed by atoms with Gasteiger partial charge in [0.2, 0.25) is 5.91 Å². The number of benzene rings is 1. The Balaban J connectivity index is 1.57. The first-order valence-corrected chi connectivity index (χ1v) is 8.78. The standard InChI is InChI=1S/C14H15IN4OS/c1-19-13(9-6-7-9)17-18-14(19)21-8-12(20)16-11-5-3-2-4-10(11)15/h2-5,9H,6-8H2,1H3,(H,16,20). The second-order valence-corrected chi connectivity index (χ2v) is 7.10. The SMILES string of the molecule is Cn1c(SCC(=O)Nc2ccccc2I)nnc1C1CC1. The average Bonchev–Trinajstić information content (AvgIpc) is 3.24. The maximum atomic E-state index is 12.0. The van der Waals surface area contributed by atoms with Crippen molar-refractivity contribution in [3.8, 4) is 0 Å². The van der Waals surface area contributed by atoms with Gasteiger partial charge in [-0.2, -0.15) is 0 Å². The summed E-state index contributed by atoms with van der Waals surface area (Å²) in [6.07, 6.45) is 2.40. The smallest absolute Gasteiger partial charge is 0.234 e. The molecule has 1 saturated carbocycles. The van der Waals surface area contributed by atoms with Crippen LogP contribution >= 0.6 is 34.4 Å². The Kier molecular flexibility index (Phi) is 4.48. The fraction of sp³-hybridized carbons (Fsp3) is 0.357. The van der Waals surface area contributed by atoms with E-state index in [1.165, 1.54) is 24.6 Å². The number of para-hydroxylation sites is 1. The molecular weight excluding hydrogens is 399 g/mol. The fourth-order valence-corrected chi connectivity index (χ4v) is 3.27. The number of rotatable bonds is 5. The molecule has 0 spiro atoms. The van der Waals surface area contributed by atoms with E-state index in [0.717, 1.165) is 20.2 Å². The highest BCUT2D eigenvalue weighted by molar-refractivity contribution is 14.1. The van der Waals surface area contributed by atoms with Crippen molar-refractivity contribution in [2.45, 2.75) is 23.9 Å². The molecule has 1 aromatic carbocycles. The summed E-state index contributed by atoms with van der Waals surface area (Å²) in [7, 11) is 1.97. The zero-order valence-electron chi connectivity index (χ0n) is 11.5. The van der Waals surface area contributed by atoms with Crippen LogP contribution < -0.4 is 5.32 Å². The number of carbonyl (C=O) groups excluding carboxylic acids is 1. The highest BCUT2D eigenvalue weighted by Gasteiger charge is 2.29. The molecule has 1 fully saturated rings. The number of hydrogen-bond donors (Lipinski definition) is 1. The van der Waals surface area contributed by atoms with Crippen molar-refractivity contribution >= 4 is 45.9 Å². The molecule has 1 amide bonds. The Morgan fingerprint density at radius 2 is 2.19 bits per heavy atom. The Labute approximate surface area is 141 Å². The van der Waals surface area contributed by atoms with Gasteiger partial charge in [0, 0.05) is 16.5 Å². The first-order valence-electron chi connectivity index (χ1n) is 6.71. The normalized spacial score (nSPS) is 14.2. The number of aromatic nitrogens is 3. The number of halogens is 1. The van der Waals surface area contributed by atoms with Crippen molar-refractivity contribution in [2.24, 2.45) is 7.05 Å². The minimum atomic E-state index is -0.0277. The Morgan fingerprint density at radius 1 is 1.43 bits per heavy atom. The first-order chi connectivity index (χ1) is 10.1. The summed E-state index contributed by atoms with van der Waals surface area (Å²) in [6, 6.07) is 7.73. The van der Waals surface area contributed by atoms with Gasteiger partial charge in [-0.15, -0.1) is 10.2 Å². The molecule has 110 valence electrons. The van der Waals surface area contributed by atoms with E-state index < -0.39 is 0 Å². The molecule has 2 aromatic rings. The second-order valence-electron chi connectivity index (χ2n) is 4.99. The monoisotopic (exact) mass is 414 g/mol. The van der Waals surface area contributed by atoms with Crippen LogP contribution in [0.1, 0.15) is 24.6 Å². The van der Waals surface area contributed by atoms with E-state index in [4.69, 9.17) is 0 Å². The van der Waals surface area contributed by atoms with Gasteiger partial charge in [0.25, 0.3) is 0 Å². The molecule has 1 aliphatic rings. The molecule has 5 nitrogen and oxygen atoms in total. The molecule has 0 radical (unpaired) electrons. The third-order valence-electron chi connectivity index (χ3n) is 3.29. The Hall–Kier alpha value is -1.09. The summed E-state index contributed by atoms with van der Waals surface area (Å²) in [5.41, 5.74) is 0.848. The van der Waals surface area contributed by atoms with Crippen molar-refractivity contribution in [1.82, 2.24) is 14.8 Å². The van der Waals surface area contributed by atoms with Crippen LogP contribution in [0.25, 0.3) is 0 Å². The summed E-state index contributed by atoms with van der Waals surface area (Å²) in [4.78, 5) is 12.0. The minimum absolute atomic E-state index is 0.0277. The topological polar surface area (TPSA) is 59.8 Å². The van der Waals surface area contributed by atoms with Crippen LogP contribution in [0, 0.1) is 3.57 Å². The molecule has 21 heavy (non-hydrogen) atoms. The zero-order valence-corrected chi connectivity index (χ0v) is 14.5. The van der Waals surface area contributed by atoms with Crippen molar-refractivity contribution in [2.75, 3.05) is 11.1 Å². The molecule has 0 bridgehead atoms. The van der Waals surface area contributed by atoms with Gasteiger partial charge in [-0.1, -0.05) is 23.9 Å². The highest BCUT2D eigenvalue weighted by atomic mass is 127. The molecular formula is C14H15IN4OS. The van der Waals surface area contributed by atoms with Gasteiger partial charge < -0.3 is 9.88 Å². The van der Waals surface area contributed by atoms with E-state index in [0.29, 0.717) is 11.7 Å². The quantitative estimate of drug-likeness (QED) is 0.604. The molecule has 1 heterocycles. The van der Waals surface area contributed by atoms with Gasteiger partial charge in [-0.25, -0.2) is 0 Å². The fourth-order valence-electron chi connectivity index (χ4n) is 2.03. The lowest BCUT2D eigenvalue weighted by molar-refractivity contribution is -0.113. The summed E-state index contributed by atoms with van der Waals surface area (Å²) in [5.74, 6) is 1.91. The summed E-state index contributed by atoms with van der Waals surface area (Å²) in [5, 5.41) is 12.1. The van der Waals surface area contributed by atoms with E-state index >= 15 is 0 Å². The number of carbonyl (C=O) groups is 1. The van der Waals surface area contributed by atoms with Gasteiger partial charge in [-0.05, 0) is 47.6 Å². The van der Waals surface area contributed by atoms with E-state index in [1.807, 2.05) is 35.9 Å². The van der Waals surface area contributed by atoms with E-state index in [9.17, 15) is 4.79 Å². The van der Waals surface area contributed by atoms with Crippen molar-refractivity contribution in [3.05, 3.63) is 33.7 Å². The second kappa shape index (κ2) is 6.35. The maximum Gasteiger partial charge on any atom is 0.234 e. The van der Waals surface area contributed by atoms with E-state index in [-0.39, 0.29) is 5.91 Å².